The molecule has 3 heterocycles. The minimum atomic E-state index is -0.232. The highest BCUT2D eigenvalue weighted by Crippen LogP contribution is 2.41. The molecule has 2 N–H and O–H groups in total. The van der Waals surface area contributed by atoms with Crippen LogP contribution in [0.5, 0.6) is 5.75 Å². The third-order valence-electron chi connectivity index (χ3n) is 5.67. The van der Waals surface area contributed by atoms with Crippen molar-refractivity contribution < 1.29 is 9.53 Å². The van der Waals surface area contributed by atoms with Gasteiger partial charge < -0.3 is 15.4 Å². The van der Waals surface area contributed by atoms with E-state index < -0.39 is 0 Å². The Kier molecular flexibility index (Phi) is 5.43. The predicted octanol–water partition coefficient (Wildman–Crippen LogP) is 4.77. The van der Waals surface area contributed by atoms with Crippen molar-refractivity contribution >= 4 is 44.8 Å². The predicted molar refractivity (Wildman–Crippen MR) is 128 cm³/mol. The second-order valence-electron chi connectivity index (χ2n) is 7.60. The Morgan fingerprint density at radius 2 is 2.03 bits per heavy atom. The maximum absolute atomic E-state index is 13.0. The normalized spacial score (nSPS) is 18.2. The van der Waals surface area contributed by atoms with Crippen LogP contribution >= 0.6 is 33.9 Å². The number of fused-ring (bicyclic) bond motifs is 3. The Labute approximate surface area is 193 Å². The van der Waals surface area contributed by atoms with Crippen molar-refractivity contribution in [1.29, 1.82) is 0 Å². The minimum absolute atomic E-state index is 0.0218. The minimum Gasteiger partial charge on any atom is -0.496 e. The van der Waals surface area contributed by atoms with Crippen LogP contribution in [-0.2, 0) is 19.5 Å². The quantitative estimate of drug-likeness (QED) is 0.477. The first-order valence-corrected chi connectivity index (χ1v) is 11.8. The highest BCUT2D eigenvalue weighted by atomic mass is 127. The molecule has 2 aliphatic rings. The van der Waals surface area contributed by atoms with Crippen LogP contribution in [0.25, 0.3) is 0 Å². The van der Waals surface area contributed by atoms with E-state index in [1.807, 2.05) is 12.1 Å². The van der Waals surface area contributed by atoms with Gasteiger partial charge in [0, 0.05) is 24.5 Å². The number of benzene rings is 2. The number of hydrogen-bond donors (Lipinski definition) is 2. The first-order valence-electron chi connectivity index (χ1n) is 9.94. The van der Waals surface area contributed by atoms with Crippen LogP contribution < -0.4 is 15.4 Å². The molecule has 2 aromatic carbocycles. The van der Waals surface area contributed by atoms with E-state index in [4.69, 9.17) is 4.74 Å². The average molecular weight is 531 g/mol. The lowest BCUT2D eigenvalue weighted by Crippen LogP contribution is -2.38. The Bertz CT molecular complexity index is 1100. The molecule has 0 bridgehead atoms. The molecule has 7 heteroatoms. The Morgan fingerprint density at radius 1 is 1.20 bits per heavy atom. The standard InChI is InChI=1S/C23H22IN3O2S/c1-29-18-8-7-15(11-17(18)24)21-25-22(28)20-16-9-10-27(12-14-5-3-2-4-6-14)13-19(16)30-23(20)26-21/h2-8,11,21,26H,9-10,12-13H2,1H3,(H,25,28)/t21-/m0/s1. The van der Waals surface area contributed by atoms with E-state index in [1.165, 1.54) is 16.0 Å². The summed E-state index contributed by atoms with van der Waals surface area (Å²) in [5.41, 5.74) is 4.41. The van der Waals surface area contributed by atoms with Gasteiger partial charge in [0.15, 0.2) is 0 Å². The topological polar surface area (TPSA) is 53.6 Å². The molecule has 2 aliphatic heterocycles. The van der Waals surface area contributed by atoms with E-state index in [0.717, 1.165) is 51.5 Å². The fourth-order valence-electron chi connectivity index (χ4n) is 4.17. The van der Waals surface area contributed by atoms with Gasteiger partial charge in [0.1, 0.15) is 16.9 Å². The number of carbonyl (C=O) groups excluding carboxylic acids is 1. The van der Waals surface area contributed by atoms with Gasteiger partial charge in [-0.2, -0.15) is 0 Å². The molecule has 0 fully saturated rings. The molecule has 1 amide bonds. The zero-order chi connectivity index (χ0) is 20.7. The molecule has 154 valence electrons. The van der Waals surface area contributed by atoms with Crippen LogP contribution in [0.4, 0.5) is 5.00 Å². The van der Waals surface area contributed by atoms with E-state index in [1.54, 1.807) is 18.4 Å². The van der Waals surface area contributed by atoms with Crippen LogP contribution in [0, 0.1) is 3.57 Å². The third kappa shape index (κ3) is 3.70. The zero-order valence-electron chi connectivity index (χ0n) is 16.6. The molecule has 3 aromatic rings. The number of nitrogens with one attached hydrogen (secondary N) is 2. The van der Waals surface area contributed by atoms with Crippen LogP contribution in [0.1, 0.15) is 38.1 Å². The molecule has 0 spiro atoms. The first-order chi connectivity index (χ1) is 14.6. The molecule has 30 heavy (non-hydrogen) atoms. The van der Waals surface area contributed by atoms with Crippen molar-refractivity contribution in [2.24, 2.45) is 0 Å². The number of ether oxygens (including phenoxy) is 1. The monoisotopic (exact) mass is 531 g/mol. The molecule has 5 rings (SSSR count). The van der Waals surface area contributed by atoms with Gasteiger partial charge in [-0.3, -0.25) is 9.69 Å². The average Bonchev–Trinajstić information content (AvgIpc) is 3.12. The van der Waals surface area contributed by atoms with Gasteiger partial charge in [0.25, 0.3) is 5.91 Å². The van der Waals surface area contributed by atoms with Gasteiger partial charge in [0.05, 0.1) is 16.2 Å². The van der Waals surface area contributed by atoms with Gasteiger partial charge in [-0.15, -0.1) is 11.3 Å². The second kappa shape index (κ2) is 8.20. The number of amides is 1. The zero-order valence-corrected chi connectivity index (χ0v) is 19.5. The second-order valence-corrected chi connectivity index (χ2v) is 9.87. The molecule has 1 aromatic heterocycles. The molecule has 0 saturated carbocycles. The number of carbonyl (C=O) groups is 1. The first kappa shape index (κ1) is 19.8. The van der Waals surface area contributed by atoms with Crippen LogP contribution in [-0.4, -0.2) is 24.5 Å². The smallest absolute Gasteiger partial charge is 0.256 e. The molecule has 0 radical (unpaired) electrons. The van der Waals surface area contributed by atoms with E-state index in [-0.39, 0.29) is 12.1 Å². The van der Waals surface area contributed by atoms with Crippen molar-refractivity contribution in [2.45, 2.75) is 25.7 Å². The van der Waals surface area contributed by atoms with Gasteiger partial charge in [-0.05, 0) is 57.8 Å². The molecule has 0 aliphatic carbocycles. The summed E-state index contributed by atoms with van der Waals surface area (Å²) in [7, 11) is 1.67. The number of halogens is 1. The summed E-state index contributed by atoms with van der Waals surface area (Å²) in [6, 6.07) is 16.6. The Balaban J connectivity index is 1.37. The summed E-state index contributed by atoms with van der Waals surface area (Å²) >= 11 is 3.99. The number of rotatable bonds is 4. The fraction of sp³-hybridized carbons (Fsp3) is 0.261. The van der Waals surface area contributed by atoms with Gasteiger partial charge in [0.2, 0.25) is 0 Å². The van der Waals surface area contributed by atoms with Gasteiger partial charge in [-0.1, -0.05) is 36.4 Å². The summed E-state index contributed by atoms with van der Waals surface area (Å²) in [6.07, 6.45) is 0.679. The summed E-state index contributed by atoms with van der Waals surface area (Å²) in [5, 5.41) is 7.68. The third-order valence-corrected chi connectivity index (χ3v) is 7.66. The lowest BCUT2D eigenvalue weighted by molar-refractivity contribution is 0.0934. The summed E-state index contributed by atoms with van der Waals surface area (Å²) in [4.78, 5) is 16.8. The Morgan fingerprint density at radius 3 is 2.80 bits per heavy atom. The number of anilines is 1. The largest absolute Gasteiger partial charge is 0.496 e. The van der Waals surface area contributed by atoms with Crippen molar-refractivity contribution in [1.82, 2.24) is 10.2 Å². The maximum Gasteiger partial charge on any atom is 0.256 e. The highest BCUT2D eigenvalue weighted by molar-refractivity contribution is 14.1. The van der Waals surface area contributed by atoms with Gasteiger partial charge in [-0.25, -0.2) is 0 Å². The van der Waals surface area contributed by atoms with Crippen LogP contribution in [0.2, 0.25) is 0 Å². The van der Waals surface area contributed by atoms with Crippen molar-refractivity contribution in [2.75, 3.05) is 19.0 Å². The molecule has 0 saturated heterocycles. The van der Waals surface area contributed by atoms with E-state index in [0.29, 0.717) is 0 Å². The van der Waals surface area contributed by atoms with Crippen LogP contribution in [0.3, 0.4) is 0 Å². The molecular weight excluding hydrogens is 509 g/mol. The summed E-state index contributed by atoms with van der Waals surface area (Å²) < 4.78 is 6.38. The van der Waals surface area contributed by atoms with E-state index >= 15 is 0 Å². The van der Waals surface area contributed by atoms with Crippen LogP contribution in [0.15, 0.2) is 48.5 Å². The lowest BCUT2D eigenvalue weighted by Gasteiger charge is -2.28. The molecule has 1 atom stereocenters. The summed E-state index contributed by atoms with van der Waals surface area (Å²) in [6.45, 7) is 2.80. The lowest BCUT2D eigenvalue weighted by atomic mass is 10.00. The maximum atomic E-state index is 13.0. The van der Waals surface area contributed by atoms with Crippen molar-refractivity contribution in [3.63, 3.8) is 0 Å². The van der Waals surface area contributed by atoms with E-state index in [9.17, 15) is 4.79 Å². The van der Waals surface area contributed by atoms with Crippen molar-refractivity contribution in [3.05, 3.63) is 79.2 Å². The van der Waals surface area contributed by atoms with Crippen molar-refractivity contribution in [3.8, 4) is 5.75 Å². The van der Waals surface area contributed by atoms with E-state index in [2.05, 4.69) is 74.5 Å². The number of methoxy groups -OCH3 is 1. The number of nitrogens with zero attached hydrogens (tertiary/aromatic N) is 1. The fourth-order valence-corrected chi connectivity index (χ4v) is 6.25. The number of hydrogen-bond acceptors (Lipinski definition) is 5. The summed E-state index contributed by atoms with van der Waals surface area (Å²) in [5.74, 6) is 0.862. The Hall–Kier alpha value is -2.10. The molecular formula is C23H22IN3O2S. The number of thiophene rings is 1. The SMILES string of the molecule is COc1ccc([C@H]2NC(=O)c3c(sc4c3CCN(Cc3ccccc3)C4)N2)cc1I. The van der Waals surface area contributed by atoms with Gasteiger partial charge >= 0.3 is 0 Å². The molecule has 5 nitrogen and oxygen atoms in total. The highest BCUT2D eigenvalue weighted by Gasteiger charge is 2.33. The molecule has 0 unspecified atom stereocenters.